The maximum absolute atomic E-state index is 13.5. The molecule has 3 rings (SSSR count). The number of thiocarbonyl (C=S) groups is 1. The molecule has 1 amide bonds. The number of nitrogens with one attached hydrogen (secondary N) is 3. The lowest BCUT2D eigenvalue weighted by Crippen LogP contribution is -2.39. The van der Waals surface area contributed by atoms with E-state index in [1.807, 2.05) is 25.2 Å². The summed E-state index contributed by atoms with van der Waals surface area (Å²) >= 11 is 5.16. The molecule has 0 unspecified atom stereocenters. The number of fused-ring (bicyclic) bond motifs is 1. The number of ether oxygens (including phenoxy) is 1. The third-order valence-corrected chi connectivity index (χ3v) is 5.10. The normalized spacial score (nSPS) is 15.2. The van der Waals surface area contributed by atoms with Crippen LogP contribution < -0.4 is 20.7 Å². The molecule has 0 saturated heterocycles. The number of halogens is 3. The van der Waals surface area contributed by atoms with E-state index in [2.05, 4.69) is 16.0 Å². The van der Waals surface area contributed by atoms with Crippen LogP contribution in [0.2, 0.25) is 0 Å². The summed E-state index contributed by atoms with van der Waals surface area (Å²) in [6.45, 7) is 4.50. The van der Waals surface area contributed by atoms with Gasteiger partial charge in [0.2, 0.25) is 0 Å². The molecule has 2 heterocycles. The summed E-state index contributed by atoms with van der Waals surface area (Å²) in [6.07, 6.45) is 3.54. The molecule has 10 heteroatoms. The molecule has 2 aliphatic heterocycles. The van der Waals surface area contributed by atoms with Crippen molar-refractivity contribution < 1.29 is 22.7 Å². The van der Waals surface area contributed by atoms with Gasteiger partial charge in [0, 0.05) is 17.9 Å². The molecule has 0 fully saturated rings. The van der Waals surface area contributed by atoms with Gasteiger partial charge in [0.15, 0.2) is 5.11 Å². The number of amides is 1. The molecule has 0 atom stereocenters. The van der Waals surface area contributed by atoms with Gasteiger partial charge in [0.1, 0.15) is 17.3 Å². The van der Waals surface area contributed by atoms with Crippen LogP contribution in [0.3, 0.4) is 0 Å². The van der Waals surface area contributed by atoms with E-state index in [1.54, 1.807) is 11.8 Å². The summed E-state index contributed by atoms with van der Waals surface area (Å²) in [7, 11) is 0. The summed E-state index contributed by atoms with van der Waals surface area (Å²) in [6, 6.07) is 3.61. The van der Waals surface area contributed by atoms with Crippen molar-refractivity contribution in [2.75, 3.05) is 18.5 Å². The van der Waals surface area contributed by atoms with E-state index in [-0.39, 0.29) is 23.2 Å². The number of hydrogen-bond donors (Lipinski definition) is 3. The summed E-state index contributed by atoms with van der Waals surface area (Å²) in [5, 5.41) is 8.20. The highest BCUT2D eigenvalue weighted by atomic mass is 32.1. The fourth-order valence-corrected chi connectivity index (χ4v) is 3.61. The van der Waals surface area contributed by atoms with Crippen LogP contribution in [0.4, 0.5) is 18.9 Å². The smallest absolute Gasteiger partial charge is 0.420 e. The molecule has 0 saturated carbocycles. The minimum absolute atomic E-state index is 0.0975. The second-order valence-electron chi connectivity index (χ2n) is 7.36. The molecular weight excluding hydrogens is 441 g/mol. The lowest BCUT2D eigenvalue weighted by Gasteiger charge is -2.23. The van der Waals surface area contributed by atoms with Crippen molar-refractivity contribution in [2.24, 2.45) is 0 Å². The first-order valence-corrected chi connectivity index (χ1v) is 10.7. The number of unbranched alkanes of at least 4 members (excludes halogenated alkanes) is 2. The molecule has 1 aromatic rings. The number of rotatable bonds is 7. The van der Waals surface area contributed by atoms with Gasteiger partial charge in [-0.3, -0.25) is 10.1 Å². The van der Waals surface area contributed by atoms with Crippen LogP contribution in [0.25, 0.3) is 0 Å². The van der Waals surface area contributed by atoms with Gasteiger partial charge in [0.05, 0.1) is 12.2 Å². The molecule has 1 aromatic carbocycles. The molecule has 172 valence electrons. The van der Waals surface area contributed by atoms with Crippen LogP contribution in [0.1, 0.15) is 38.7 Å². The fourth-order valence-electron chi connectivity index (χ4n) is 3.40. The van der Waals surface area contributed by atoms with Gasteiger partial charge >= 0.3 is 6.18 Å². The van der Waals surface area contributed by atoms with Crippen molar-refractivity contribution in [1.29, 1.82) is 0 Å². The maximum Gasteiger partial charge on any atom is 0.420 e. The first kappa shape index (κ1) is 23.6. The number of anilines is 1. The topological polar surface area (TPSA) is 65.6 Å². The molecule has 32 heavy (non-hydrogen) atoms. The number of carbonyl (C=O) groups is 1. The quantitative estimate of drug-likeness (QED) is 0.402. The Hall–Kier alpha value is -3.01. The Morgan fingerprint density at radius 3 is 2.81 bits per heavy atom. The largest absolute Gasteiger partial charge is 0.493 e. The lowest BCUT2D eigenvalue weighted by molar-refractivity contribution is -0.138. The third kappa shape index (κ3) is 5.61. The van der Waals surface area contributed by atoms with Crippen molar-refractivity contribution in [3.63, 3.8) is 0 Å². The van der Waals surface area contributed by atoms with Crippen LogP contribution in [0, 0.1) is 0 Å². The van der Waals surface area contributed by atoms with Crippen molar-refractivity contribution in [2.45, 2.75) is 39.3 Å². The molecule has 0 aliphatic carbocycles. The third-order valence-electron chi connectivity index (χ3n) is 4.90. The second kappa shape index (κ2) is 10.1. The number of allylic oxidation sites excluding steroid dienone is 3. The van der Waals surface area contributed by atoms with Crippen LogP contribution in [0.5, 0.6) is 5.75 Å². The molecule has 0 bridgehead atoms. The summed E-state index contributed by atoms with van der Waals surface area (Å²) in [5.74, 6) is 0.0841. The number of carbonyl (C=O) groups excluding carboxylic acids is 1. The highest BCUT2D eigenvalue weighted by Gasteiger charge is 2.35. The van der Waals surface area contributed by atoms with Crippen molar-refractivity contribution >= 4 is 28.9 Å². The Balaban J connectivity index is 1.67. The fraction of sp³-hybridized carbons (Fsp3) is 0.364. The zero-order chi connectivity index (χ0) is 23.3. The zero-order valence-corrected chi connectivity index (χ0v) is 18.6. The summed E-state index contributed by atoms with van der Waals surface area (Å²) in [4.78, 5) is 14.5. The monoisotopic (exact) mass is 466 g/mol. The van der Waals surface area contributed by atoms with Gasteiger partial charge < -0.3 is 20.3 Å². The van der Waals surface area contributed by atoms with Crippen LogP contribution in [-0.2, 0) is 11.0 Å². The molecule has 0 spiro atoms. The molecule has 0 aromatic heterocycles. The Bertz CT molecular complexity index is 986. The van der Waals surface area contributed by atoms with E-state index < -0.39 is 17.6 Å². The first-order chi connectivity index (χ1) is 15.2. The van der Waals surface area contributed by atoms with E-state index in [0.29, 0.717) is 24.4 Å². The van der Waals surface area contributed by atoms with Crippen LogP contribution in [0.15, 0.2) is 53.6 Å². The highest BCUT2D eigenvalue weighted by molar-refractivity contribution is 7.80. The first-order valence-electron chi connectivity index (χ1n) is 10.3. The highest BCUT2D eigenvalue weighted by Crippen LogP contribution is 2.38. The molecule has 6 nitrogen and oxygen atoms in total. The standard InChI is InChI=1S/C22H25F3N4O2S/c1-3-4-7-12-31-17-10-9-15(13-16(17)22(23,24)25)27-21(32)28-20(30)19-14(2)26-18-8-5-6-11-29(18)19/h5-6,8-10,13,26H,3-4,7,11-12H2,1-2H3,(H2,27,28,30,32). The average molecular weight is 467 g/mol. The van der Waals surface area contributed by atoms with E-state index in [0.717, 1.165) is 24.7 Å². The van der Waals surface area contributed by atoms with E-state index in [4.69, 9.17) is 17.0 Å². The van der Waals surface area contributed by atoms with E-state index >= 15 is 0 Å². The number of alkyl halides is 3. The Morgan fingerprint density at radius 1 is 1.31 bits per heavy atom. The van der Waals surface area contributed by atoms with Crippen molar-refractivity contribution in [1.82, 2.24) is 15.5 Å². The zero-order valence-electron chi connectivity index (χ0n) is 17.8. The van der Waals surface area contributed by atoms with Crippen molar-refractivity contribution in [3.05, 3.63) is 59.2 Å². The Kier molecular flexibility index (Phi) is 7.44. The average Bonchev–Trinajstić information content (AvgIpc) is 3.07. The van der Waals surface area contributed by atoms with Crippen molar-refractivity contribution in [3.8, 4) is 5.75 Å². The van der Waals surface area contributed by atoms with Gasteiger partial charge in [-0.05, 0) is 49.8 Å². The molecular formula is C22H25F3N4O2S. The maximum atomic E-state index is 13.5. The second-order valence-corrected chi connectivity index (χ2v) is 7.77. The van der Waals surface area contributed by atoms with Crippen LogP contribution >= 0.6 is 12.2 Å². The van der Waals surface area contributed by atoms with Crippen LogP contribution in [-0.4, -0.2) is 29.1 Å². The number of nitrogens with zero attached hydrogens (tertiary/aromatic N) is 1. The van der Waals surface area contributed by atoms with E-state index in [9.17, 15) is 18.0 Å². The molecule has 3 N–H and O–H groups in total. The minimum atomic E-state index is -4.59. The van der Waals surface area contributed by atoms with Gasteiger partial charge in [0.25, 0.3) is 5.91 Å². The van der Waals surface area contributed by atoms with E-state index in [1.165, 1.54) is 12.1 Å². The predicted molar refractivity (Wildman–Crippen MR) is 121 cm³/mol. The summed E-state index contributed by atoms with van der Waals surface area (Å²) in [5.41, 5.74) is 0.252. The summed E-state index contributed by atoms with van der Waals surface area (Å²) < 4.78 is 45.9. The van der Waals surface area contributed by atoms with Gasteiger partial charge in [-0.2, -0.15) is 13.2 Å². The molecule has 2 aliphatic rings. The minimum Gasteiger partial charge on any atom is -0.493 e. The Morgan fingerprint density at radius 2 is 2.09 bits per heavy atom. The van der Waals surface area contributed by atoms with Gasteiger partial charge in [-0.1, -0.05) is 31.9 Å². The number of benzene rings is 1. The van der Waals surface area contributed by atoms with Gasteiger partial charge in [-0.25, -0.2) is 0 Å². The molecule has 0 radical (unpaired) electrons. The SMILES string of the molecule is CCCCCOc1ccc(NC(=S)NC(=O)C2=C(C)NC3=CC=CCN32)cc1C(F)(F)F. The van der Waals surface area contributed by atoms with Gasteiger partial charge in [-0.15, -0.1) is 0 Å². The lowest BCUT2D eigenvalue weighted by atomic mass is 10.1. The predicted octanol–water partition coefficient (Wildman–Crippen LogP) is 4.64. The number of hydrogen-bond acceptors (Lipinski definition) is 5. The Labute approximate surface area is 190 Å².